The molecule has 1 fully saturated rings. The number of hydrogen-bond acceptors (Lipinski definition) is 4. The van der Waals surface area contributed by atoms with Gasteiger partial charge in [0.1, 0.15) is 9.84 Å². The lowest BCUT2D eigenvalue weighted by molar-refractivity contribution is 0.105. The Labute approximate surface area is 125 Å². The molecule has 1 heterocycles. The summed E-state index contributed by atoms with van der Waals surface area (Å²) in [6.45, 7) is 1.22. The third kappa shape index (κ3) is 3.52. The minimum atomic E-state index is -2.88. The second-order valence-electron chi connectivity index (χ2n) is 5.56. The van der Waals surface area contributed by atoms with E-state index in [1.807, 2.05) is 31.3 Å². The molecular formula is C14H21ClN2O2S. The van der Waals surface area contributed by atoms with Gasteiger partial charge in [0.05, 0.1) is 11.5 Å². The molecule has 1 aliphatic heterocycles. The predicted octanol–water partition coefficient (Wildman–Crippen LogP) is 1.68. The molecule has 0 amide bonds. The molecule has 0 bridgehead atoms. The maximum Gasteiger partial charge on any atom is 0.150 e. The van der Waals surface area contributed by atoms with Crippen LogP contribution < -0.4 is 5.73 Å². The summed E-state index contributed by atoms with van der Waals surface area (Å²) in [7, 11) is -0.862. The second-order valence-corrected chi connectivity index (χ2v) is 8.30. The van der Waals surface area contributed by atoms with Crippen LogP contribution in [0.1, 0.15) is 18.4 Å². The number of hydrogen-bond donors (Lipinski definition) is 1. The van der Waals surface area contributed by atoms with Gasteiger partial charge in [0, 0.05) is 23.7 Å². The average Bonchev–Trinajstić information content (AvgIpc) is 2.42. The van der Waals surface area contributed by atoms with E-state index in [0.29, 0.717) is 24.4 Å². The Morgan fingerprint density at radius 1 is 1.25 bits per heavy atom. The maximum atomic E-state index is 11.6. The van der Waals surface area contributed by atoms with E-state index in [1.165, 1.54) is 0 Å². The first-order valence-electron chi connectivity index (χ1n) is 6.73. The van der Waals surface area contributed by atoms with Gasteiger partial charge in [-0.3, -0.25) is 4.90 Å². The van der Waals surface area contributed by atoms with Crippen molar-refractivity contribution in [3.8, 4) is 0 Å². The summed E-state index contributed by atoms with van der Waals surface area (Å²) in [6.07, 6.45) is 1.21. The Morgan fingerprint density at radius 3 is 2.30 bits per heavy atom. The van der Waals surface area contributed by atoms with E-state index in [-0.39, 0.29) is 17.0 Å². The molecule has 4 nitrogen and oxygen atoms in total. The quantitative estimate of drug-likeness (QED) is 0.918. The fraction of sp³-hybridized carbons (Fsp3) is 0.571. The summed E-state index contributed by atoms with van der Waals surface area (Å²) in [6, 6.07) is 7.71. The Bertz CT molecular complexity index is 543. The molecule has 112 valence electrons. The van der Waals surface area contributed by atoms with E-state index in [4.69, 9.17) is 17.3 Å². The maximum absolute atomic E-state index is 11.6. The number of nitrogens with two attached hydrogens (primary N) is 1. The van der Waals surface area contributed by atoms with E-state index in [2.05, 4.69) is 4.90 Å². The van der Waals surface area contributed by atoms with Crippen molar-refractivity contribution in [2.24, 2.45) is 5.73 Å². The highest BCUT2D eigenvalue weighted by Gasteiger charge is 2.39. The molecule has 1 saturated heterocycles. The topological polar surface area (TPSA) is 63.4 Å². The molecule has 0 spiro atoms. The van der Waals surface area contributed by atoms with Gasteiger partial charge in [0.15, 0.2) is 0 Å². The van der Waals surface area contributed by atoms with Crippen molar-refractivity contribution in [2.75, 3.05) is 25.1 Å². The standard InChI is InChI=1S/C14H21ClN2O2S/c1-17(10-12-2-4-13(15)5-3-12)14(11-16)6-8-20(18,19)9-7-14/h2-5H,6-11,16H2,1H3. The predicted molar refractivity (Wildman–Crippen MR) is 82.6 cm³/mol. The van der Waals surface area contributed by atoms with Crippen molar-refractivity contribution >= 4 is 21.4 Å². The van der Waals surface area contributed by atoms with E-state index in [0.717, 1.165) is 12.1 Å². The van der Waals surface area contributed by atoms with E-state index < -0.39 is 9.84 Å². The van der Waals surface area contributed by atoms with Crippen molar-refractivity contribution < 1.29 is 8.42 Å². The van der Waals surface area contributed by atoms with Crippen molar-refractivity contribution in [3.63, 3.8) is 0 Å². The van der Waals surface area contributed by atoms with Crippen LogP contribution in [-0.4, -0.2) is 44.0 Å². The molecule has 0 saturated carbocycles. The molecule has 0 unspecified atom stereocenters. The molecular weight excluding hydrogens is 296 g/mol. The molecule has 0 radical (unpaired) electrons. The molecule has 20 heavy (non-hydrogen) atoms. The summed E-state index contributed by atoms with van der Waals surface area (Å²) in [5, 5.41) is 0.716. The van der Waals surface area contributed by atoms with Gasteiger partial charge in [-0.05, 0) is 37.6 Å². The molecule has 0 aliphatic carbocycles. The highest BCUT2D eigenvalue weighted by atomic mass is 35.5. The number of nitrogens with zero attached hydrogens (tertiary/aromatic N) is 1. The van der Waals surface area contributed by atoms with Crippen LogP contribution in [0.2, 0.25) is 5.02 Å². The summed E-state index contributed by atoms with van der Waals surface area (Å²) in [4.78, 5) is 2.19. The van der Waals surface area contributed by atoms with Crippen LogP contribution in [0, 0.1) is 0 Å². The first-order chi connectivity index (χ1) is 9.37. The fourth-order valence-electron chi connectivity index (χ4n) is 2.69. The smallest absolute Gasteiger partial charge is 0.150 e. The Kier molecular flexibility index (Phi) is 4.74. The van der Waals surface area contributed by atoms with Gasteiger partial charge >= 0.3 is 0 Å². The number of benzene rings is 1. The van der Waals surface area contributed by atoms with E-state index >= 15 is 0 Å². The van der Waals surface area contributed by atoms with Crippen LogP contribution in [0.15, 0.2) is 24.3 Å². The van der Waals surface area contributed by atoms with Gasteiger partial charge < -0.3 is 5.73 Å². The van der Waals surface area contributed by atoms with Crippen LogP contribution in [0.4, 0.5) is 0 Å². The summed E-state index contributed by atoms with van der Waals surface area (Å²) >= 11 is 5.88. The van der Waals surface area contributed by atoms with Crippen LogP contribution >= 0.6 is 11.6 Å². The minimum Gasteiger partial charge on any atom is -0.329 e. The molecule has 1 aromatic rings. The monoisotopic (exact) mass is 316 g/mol. The highest BCUT2D eigenvalue weighted by Crippen LogP contribution is 2.29. The van der Waals surface area contributed by atoms with E-state index in [1.54, 1.807) is 0 Å². The highest BCUT2D eigenvalue weighted by molar-refractivity contribution is 7.91. The lowest BCUT2D eigenvalue weighted by Crippen LogP contribution is -2.55. The number of rotatable bonds is 4. The van der Waals surface area contributed by atoms with Crippen molar-refractivity contribution in [1.82, 2.24) is 4.90 Å². The minimum absolute atomic E-state index is 0.217. The van der Waals surface area contributed by atoms with Crippen LogP contribution in [0.3, 0.4) is 0 Å². The fourth-order valence-corrected chi connectivity index (χ4v) is 4.40. The van der Waals surface area contributed by atoms with Crippen molar-refractivity contribution in [1.29, 1.82) is 0 Å². The number of sulfone groups is 1. The first-order valence-corrected chi connectivity index (χ1v) is 8.93. The second kappa shape index (κ2) is 6.02. The SMILES string of the molecule is CN(Cc1ccc(Cl)cc1)C1(CN)CCS(=O)(=O)CC1. The average molecular weight is 317 g/mol. The molecule has 0 aromatic heterocycles. The molecule has 0 atom stereocenters. The van der Waals surface area contributed by atoms with Gasteiger partial charge in [0.25, 0.3) is 0 Å². The lowest BCUT2D eigenvalue weighted by Gasteiger charge is -2.43. The zero-order chi connectivity index (χ0) is 14.8. The number of likely N-dealkylation sites (N-methyl/N-ethyl adjacent to an activating group) is 1. The molecule has 1 aromatic carbocycles. The third-order valence-corrected chi connectivity index (χ3v) is 6.18. The van der Waals surface area contributed by atoms with Crippen LogP contribution in [0.25, 0.3) is 0 Å². The Hall–Kier alpha value is -0.620. The van der Waals surface area contributed by atoms with Crippen LogP contribution in [0.5, 0.6) is 0 Å². The third-order valence-electron chi connectivity index (χ3n) is 4.28. The summed E-state index contributed by atoms with van der Waals surface area (Å²) in [5.41, 5.74) is 6.88. The van der Waals surface area contributed by atoms with Gasteiger partial charge in [-0.15, -0.1) is 0 Å². The van der Waals surface area contributed by atoms with Crippen LogP contribution in [-0.2, 0) is 16.4 Å². The van der Waals surface area contributed by atoms with Gasteiger partial charge in [-0.1, -0.05) is 23.7 Å². The van der Waals surface area contributed by atoms with Gasteiger partial charge in [-0.2, -0.15) is 0 Å². The Balaban J connectivity index is 2.09. The first kappa shape index (κ1) is 15.8. The number of halogens is 1. The zero-order valence-electron chi connectivity index (χ0n) is 11.7. The van der Waals surface area contributed by atoms with Crippen molar-refractivity contribution in [3.05, 3.63) is 34.9 Å². The van der Waals surface area contributed by atoms with Gasteiger partial charge in [-0.25, -0.2) is 8.42 Å². The summed E-state index contributed by atoms with van der Waals surface area (Å²) in [5.74, 6) is 0.463. The zero-order valence-corrected chi connectivity index (χ0v) is 13.3. The largest absolute Gasteiger partial charge is 0.329 e. The molecule has 1 aliphatic rings. The van der Waals surface area contributed by atoms with Gasteiger partial charge in [0.2, 0.25) is 0 Å². The molecule has 2 N–H and O–H groups in total. The normalized spacial score (nSPS) is 21.0. The summed E-state index contributed by atoms with van der Waals surface area (Å²) < 4.78 is 23.2. The van der Waals surface area contributed by atoms with E-state index in [9.17, 15) is 8.42 Å². The molecule has 6 heteroatoms. The van der Waals surface area contributed by atoms with Crippen molar-refractivity contribution in [2.45, 2.75) is 24.9 Å². The molecule has 2 rings (SSSR count). The lowest BCUT2D eigenvalue weighted by atomic mass is 9.90. The Morgan fingerprint density at radius 2 is 1.80 bits per heavy atom.